The zero-order chi connectivity index (χ0) is 22.5. The first-order chi connectivity index (χ1) is 16.8. The highest BCUT2D eigenvalue weighted by Crippen LogP contribution is 2.37. The first kappa shape index (κ1) is 19.0. The van der Waals surface area contributed by atoms with Gasteiger partial charge in [-0.15, -0.1) is 0 Å². The van der Waals surface area contributed by atoms with Crippen LogP contribution in [0.2, 0.25) is 0 Å². The van der Waals surface area contributed by atoms with Gasteiger partial charge in [0, 0.05) is 23.3 Å². The fraction of sp³-hybridized carbons (Fsp3) is 0. The highest BCUT2D eigenvalue weighted by Gasteiger charge is 2.10. The minimum absolute atomic E-state index is 0.970. The van der Waals surface area contributed by atoms with Crippen LogP contribution in [0.25, 0.3) is 65.6 Å². The second-order valence-electron chi connectivity index (χ2n) is 8.69. The standard InChI is InChI=1S/C32H20N2/c1-2-9-27-25(7-1)26-8-3-4-10-28(26)30-18-24(13-14-29(27)30)32-20-23(15-17-34-32)22-12-11-21-6-5-16-33-31(21)19-22/h1-20H. The van der Waals surface area contributed by atoms with E-state index >= 15 is 0 Å². The summed E-state index contributed by atoms with van der Waals surface area (Å²) in [5.41, 5.74) is 5.38. The van der Waals surface area contributed by atoms with Gasteiger partial charge in [0.1, 0.15) is 0 Å². The number of benzene rings is 5. The SMILES string of the molecule is c1cnc2cc(-c3ccnc(-c4ccc5c6ccccc6c6ccccc6c5c4)c3)ccc2c1. The Labute approximate surface area is 197 Å². The summed E-state index contributed by atoms with van der Waals surface area (Å²) >= 11 is 0. The molecule has 0 aliphatic rings. The van der Waals surface area contributed by atoms with E-state index in [9.17, 15) is 0 Å². The summed E-state index contributed by atoms with van der Waals surface area (Å²) in [6.07, 6.45) is 3.74. The molecule has 0 aliphatic carbocycles. The van der Waals surface area contributed by atoms with Gasteiger partial charge in [0.2, 0.25) is 0 Å². The highest BCUT2D eigenvalue weighted by molar-refractivity contribution is 6.25. The van der Waals surface area contributed by atoms with Gasteiger partial charge in [-0.1, -0.05) is 78.9 Å². The van der Waals surface area contributed by atoms with Gasteiger partial charge in [0.05, 0.1) is 11.2 Å². The molecule has 0 radical (unpaired) electrons. The summed E-state index contributed by atoms with van der Waals surface area (Å²) in [6.45, 7) is 0. The van der Waals surface area contributed by atoms with Crippen molar-refractivity contribution in [3.8, 4) is 22.4 Å². The van der Waals surface area contributed by atoms with Crippen LogP contribution in [0.15, 0.2) is 122 Å². The van der Waals surface area contributed by atoms with E-state index < -0.39 is 0 Å². The molecule has 158 valence electrons. The lowest BCUT2D eigenvalue weighted by atomic mass is 9.92. The van der Waals surface area contributed by atoms with Gasteiger partial charge in [-0.25, -0.2) is 0 Å². The lowest BCUT2D eigenvalue weighted by molar-refractivity contribution is 1.33. The summed E-state index contributed by atoms with van der Waals surface area (Å²) in [5.74, 6) is 0. The van der Waals surface area contributed by atoms with E-state index in [1.165, 1.54) is 32.3 Å². The zero-order valence-corrected chi connectivity index (χ0v) is 18.4. The van der Waals surface area contributed by atoms with Crippen molar-refractivity contribution in [2.24, 2.45) is 0 Å². The van der Waals surface area contributed by atoms with Crippen LogP contribution in [0.5, 0.6) is 0 Å². The first-order valence-corrected chi connectivity index (χ1v) is 11.5. The van der Waals surface area contributed by atoms with E-state index in [1.54, 1.807) is 0 Å². The third-order valence-electron chi connectivity index (χ3n) is 6.74. The van der Waals surface area contributed by atoms with Crippen LogP contribution in [0.1, 0.15) is 0 Å². The fourth-order valence-corrected chi connectivity index (χ4v) is 5.08. The Morgan fingerprint density at radius 3 is 1.79 bits per heavy atom. The van der Waals surface area contributed by atoms with Crippen molar-refractivity contribution in [3.63, 3.8) is 0 Å². The number of nitrogens with zero attached hydrogens (tertiary/aromatic N) is 2. The van der Waals surface area contributed by atoms with Crippen LogP contribution in [-0.2, 0) is 0 Å². The fourth-order valence-electron chi connectivity index (χ4n) is 5.08. The Morgan fingerprint density at radius 1 is 0.382 bits per heavy atom. The van der Waals surface area contributed by atoms with Gasteiger partial charge in [0.15, 0.2) is 0 Å². The Balaban J connectivity index is 1.42. The summed E-state index contributed by atoms with van der Waals surface area (Å²) in [4.78, 5) is 9.25. The topological polar surface area (TPSA) is 25.8 Å². The monoisotopic (exact) mass is 432 g/mol. The minimum Gasteiger partial charge on any atom is -0.256 e. The van der Waals surface area contributed by atoms with Crippen molar-refractivity contribution >= 4 is 43.2 Å². The van der Waals surface area contributed by atoms with E-state index in [1.807, 2.05) is 18.5 Å². The van der Waals surface area contributed by atoms with Gasteiger partial charge in [-0.3, -0.25) is 9.97 Å². The van der Waals surface area contributed by atoms with Crippen molar-refractivity contribution in [3.05, 3.63) is 122 Å². The van der Waals surface area contributed by atoms with Crippen LogP contribution in [0.4, 0.5) is 0 Å². The van der Waals surface area contributed by atoms with Gasteiger partial charge in [-0.2, -0.15) is 0 Å². The Bertz CT molecular complexity index is 1830. The minimum atomic E-state index is 0.970. The third kappa shape index (κ3) is 2.96. The molecule has 0 bridgehead atoms. The molecule has 7 rings (SSSR count). The van der Waals surface area contributed by atoms with E-state index in [0.29, 0.717) is 0 Å². The molecule has 34 heavy (non-hydrogen) atoms. The molecule has 0 unspecified atom stereocenters. The largest absolute Gasteiger partial charge is 0.256 e. The second-order valence-corrected chi connectivity index (χ2v) is 8.69. The van der Waals surface area contributed by atoms with E-state index in [2.05, 4.69) is 108 Å². The molecule has 0 amide bonds. The van der Waals surface area contributed by atoms with E-state index in [0.717, 1.165) is 33.3 Å². The maximum absolute atomic E-state index is 4.73. The lowest BCUT2D eigenvalue weighted by Crippen LogP contribution is -1.88. The van der Waals surface area contributed by atoms with E-state index in [-0.39, 0.29) is 0 Å². The smallest absolute Gasteiger partial charge is 0.0708 e. The average molecular weight is 433 g/mol. The van der Waals surface area contributed by atoms with Crippen molar-refractivity contribution in [2.75, 3.05) is 0 Å². The van der Waals surface area contributed by atoms with Gasteiger partial charge in [0.25, 0.3) is 0 Å². The second kappa shape index (κ2) is 7.50. The van der Waals surface area contributed by atoms with Crippen molar-refractivity contribution < 1.29 is 0 Å². The number of pyridine rings is 2. The summed E-state index contributed by atoms with van der Waals surface area (Å²) < 4.78 is 0. The molecule has 0 saturated heterocycles. The molecule has 2 heterocycles. The molecule has 2 aromatic heterocycles. The molecule has 2 heteroatoms. The molecular weight excluding hydrogens is 412 g/mol. The molecule has 0 spiro atoms. The molecule has 0 saturated carbocycles. The van der Waals surface area contributed by atoms with Gasteiger partial charge < -0.3 is 0 Å². The summed E-state index contributed by atoms with van der Waals surface area (Å²) in [5, 5.41) is 8.82. The maximum Gasteiger partial charge on any atom is 0.0708 e. The maximum atomic E-state index is 4.73. The molecule has 0 N–H and O–H groups in total. The van der Waals surface area contributed by atoms with Gasteiger partial charge >= 0.3 is 0 Å². The van der Waals surface area contributed by atoms with Crippen LogP contribution < -0.4 is 0 Å². The summed E-state index contributed by atoms with van der Waals surface area (Å²) in [6, 6.07) is 38.8. The van der Waals surface area contributed by atoms with Crippen LogP contribution in [0.3, 0.4) is 0 Å². The normalized spacial score (nSPS) is 11.5. The Morgan fingerprint density at radius 2 is 1.03 bits per heavy atom. The predicted octanol–water partition coefficient (Wildman–Crippen LogP) is 8.42. The summed E-state index contributed by atoms with van der Waals surface area (Å²) in [7, 11) is 0. The van der Waals surface area contributed by atoms with Crippen LogP contribution >= 0.6 is 0 Å². The van der Waals surface area contributed by atoms with Crippen LogP contribution in [-0.4, -0.2) is 9.97 Å². The first-order valence-electron chi connectivity index (χ1n) is 11.5. The van der Waals surface area contributed by atoms with Crippen LogP contribution in [0, 0.1) is 0 Å². The lowest BCUT2D eigenvalue weighted by Gasteiger charge is -2.12. The third-order valence-corrected chi connectivity index (χ3v) is 6.74. The molecule has 0 atom stereocenters. The zero-order valence-electron chi connectivity index (χ0n) is 18.4. The van der Waals surface area contributed by atoms with Crippen molar-refractivity contribution in [1.29, 1.82) is 0 Å². The number of rotatable bonds is 2. The molecule has 0 aliphatic heterocycles. The van der Waals surface area contributed by atoms with Crippen molar-refractivity contribution in [1.82, 2.24) is 9.97 Å². The highest BCUT2D eigenvalue weighted by atomic mass is 14.7. The number of hydrogen-bond donors (Lipinski definition) is 0. The van der Waals surface area contributed by atoms with Gasteiger partial charge in [-0.05, 0) is 73.8 Å². The number of fused-ring (bicyclic) bond motifs is 7. The molecule has 0 fully saturated rings. The predicted molar refractivity (Wildman–Crippen MR) is 143 cm³/mol. The molecular formula is C32H20N2. The number of aromatic nitrogens is 2. The number of hydrogen-bond acceptors (Lipinski definition) is 2. The molecule has 2 nitrogen and oxygen atoms in total. The average Bonchev–Trinajstić information content (AvgIpc) is 2.93. The van der Waals surface area contributed by atoms with Crippen molar-refractivity contribution in [2.45, 2.75) is 0 Å². The quantitative estimate of drug-likeness (QED) is 0.256. The Hall–Kier alpha value is -4.56. The van der Waals surface area contributed by atoms with E-state index in [4.69, 9.17) is 4.98 Å². The molecule has 7 aromatic rings. The Kier molecular flexibility index (Phi) is 4.18. The molecule has 5 aromatic carbocycles.